The van der Waals surface area contributed by atoms with Crippen molar-refractivity contribution in [2.75, 3.05) is 5.32 Å². The van der Waals surface area contributed by atoms with Crippen LogP contribution in [0.15, 0.2) is 18.2 Å². The molecule has 0 heterocycles. The van der Waals surface area contributed by atoms with Gasteiger partial charge in [0.1, 0.15) is 5.82 Å². The molecular formula is C14H18FN3O2. The highest BCUT2D eigenvalue weighted by molar-refractivity contribution is 5.96. The number of rotatable bonds is 3. The van der Waals surface area contributed by atoms with E-state index in [-0.39, 0.29) is 17.4 Å². The van der Waals surface area contributed by atoms with Gasteiger partial charge in [-0.25, -0.2) is 10.2 Å². The Morgan fingerprint density at radius 3 is 2.50 bits per heavy atom. The van der Waals surface area contributed by atoms with E-state index in [1.54, 1.807) is 0 Å². The van der Waals surface area contributed by atoms with Gasteiger partial charge in [0.15, 0.2) is 0 Å². The molecule has 0 saturated heterocycles. The van der Waals surface area contributed by atoms with Gasteiger partial charge in [0.25, 0.3) is 5.91 Å². The maximum Gasteiger partial charge on any atom is 0.268 e. The number of nitrogen functional groups attached to an aromatic ring is 1. The summed E-state index contributed by atoms with van der Waals surface area (Å²) in [6.45, 7) is 0. The van der Waals surface area contributed by atoms with Crippen molar-refractivity contribution in [2.45, 2.75) is 32.1 Å². The van der Waals surface area contributed by atoms with E-state index in [0.717, 1.165) is 31.7 Å². The number of nitrogens with one attached hydrogen (secondary N) is 2. The Labute approximate surface area is 116 Å². The zero-order chi connectivity index (χ0) is 14.5. The summed E-state index contributed by atoms with van der Waals surface area (Å²) < 4.78 is 13.7. The normalized spacial score (nSPS) is 15.7. The number of halogens is 1. The standard InChI is InChI=1S/C14H18FN3O2/c15-12-8-10(6-7-11(12)14(20)18-16)17-13(19)9-4-2-1-3-5-9/h6-9H,1-5,16H2,(H,17,19)(H,18,20). The lowest BCUT2D eigenvalue weighted by Crippen LogP contribution is -2.30. The summed E-state index contributed by atoms with van der Waals surface area (Å²) in [4.78, 5) is 23.3. The minimum Gasteiger partial charge on any atom is -0.326 e. The second kappa shape index (κ2) is 6.47. The number of amides is 2. The van der Waals surface area contributed by atoms with Gasteiger partial charge in [0.2, 0.25) is 5.91 Å². The summed E-state index contributed by atoms with van der Waals surface area (Å²) >= 11 is 0. The lowest BCUT2D eigenvalue weighted by atomic mass is 9.88. The van der Waals surface area contributed by atoms with Crippen molar-refractivity contribution in [1.82, 2.24) is 5.43 Å². The van der Waals surface area contributed by atoms with Crippen LogP contribution in [-0.4, -0.2) is 11.8 Å². The topological polar surface area (TPSA) is 84.2 Å². The Morgan fingerprint density at radius 2 is 1.90 bits per heavy atom. The maximum atomic E-state index is 13.7. The average molecular weight is 279 g/mol. The molecule has 0 aromatic heterocycles. The van der Waals surface area contributed by atoms with Crippen LogP contribution in [0.5, 0.6) is 0 Å². The van der Waals surface area contributed by atoms with Crippen molar-refractivity contribution in [3.8, 4) is 0 Å². The summed E-state index contributed by atoms with van der Waals surface area (Å²) in [5, 5.41) is 2.69. The zero-order valence-electron chi connectivity index (χ0n) is 11.1. The molecule has 1 aromatic rings. The molecule has 0 unspecified atom stereocenters. The summed E-state index contributed by atoms with van der Waals surface area (Å²) in [5.74, 6) is 3.45. The minimum atomic E-state index is -0.714. The molecular weight excluding hydrogens is 261 g/mol. The molecule has 1 aliphatic carbocycles. The molecule has 0 radical (unpaired) electrons. The van der Waals surface area contributed by atoms with Gasteiger partial charge < -0.3 is 5.32 Å². The number of hydrazine groups is 1. The summed E-state index contributed by atoms with van der Waals surface area (Å²) in [6.07, 6.45) is 5.04. The molecule has 2 amide bonds. The van der Waals surface area contributed by atoms with E-state index in [1.165, 1.54) is 18.6 Å². The summed E-state index contributed by atoms with van der Waals surface area (Å²) in [5.41, 5.74) is 2.07. The summed E-state index contributed by atoms with van der Waals surface area (Å²) in [7, 11) is 0. The second-order valence-corrected chi connectivity index (χ2v) is 4.99. The molecule has 2 rings (SSSR count). The van der Waals surface area contributed by atoms with E-state index >= 15 is 0 Å². The summed E-state index contributed by atoms with van der Waals surface area (Å²) in [6, 6.07) is 3.92. The van der Waals surface area contributed by atoms with Crippen LogP contribution in [-0.2, 0) is 4.79 Å². The Morgan fingerprint density at radius 1 is 1.20 bits per heavy atom. The Kier molecular flexibility index (Phi) is 4.68. The number of anilines is 1. The van der Waals surface area contributed by atoms with Gasteiger partial charge in [-0.3, -0.25) is 15.0 Å². The monoisotopic (exact) mass is 279 g/mol. The van der Waals surface area contributed by atoms with Gasteiger partial charge >= 0.3 is 0 Å². The van der Waals surface area contributed by atoms with Gasteiger partial charge in [0.05, 0.1) is 5.56 Å². The van der Waals surface area contributed by atoms with E-state index in [9.17, 15) is 14.0 Å². The average Bonchev–Trinajstić information content (AvgIpc) is 2.47. The number of hydrogen-bond acceptors (Lipinski definition) is 3. The highest BCUT2D eigenvalue weighted by atomic mass is 19.1. The third-order valence-corrected chi connectivity index (χ3v) is 3.59. The van der Waals surface area contributed by atoms with Crippen LogP contribution in [0.4, 0.5) is 10.1 Å². The molecule has 20 heavy (non-hydrogen) atoms. The first-order valence-electron chi connectivity index (χ1n) is 6.73. The van der Waals surface area contributed by atoms with Crippen LogP contribution in [0.1, 0.15) is 42.5 Å². The van der Waals surface area contributed by atoms with E-state index in [4.69, 9.17) is 5.84 Å². The predicted molar refractivity (Wildman–Crippen MR) is 73.3 cm³/mol. The Balaban J connectivity index is 2.04. The van der Waals surface area contributed by atoms with Crippen LogP contribution in [0.2, 0.25) is 0 Å². The second-order valence-electron chi connectivity index (χ2n) is 4.99. The molecule has 1 fully saturated rings. The van der Waals surface area contributed by atoms with Gasteiger partial charge in [-0.2, -0.15) is 0 Å². The zero-order valence-corrected chi connectivity index (χ0v) is 11.1. The van der Waals surface area contributed by atoms with E-state index in [1.807, 2.05) is 5.43 Å². The smallest absolute Gasteiger partial charge is 0.268 e. The number of nitrogens with two attached hydrogens (primary N) is 1. The largest absolute Gasteiger partial charge is 0.326 e. The molecule has 6 heteroatoms. The van der Waals surface area contributed by atoms with E-state index < -0.39 is 11.7 Å². The fourth-order valence-corrected chi connectivity index (χ4v) is 2.46. The number of carbonyl (C=O) groups is 2. The number of hydrogen-bond donors (Lipinski definition) is 3. The van der Waals surface area contributed by atoms with Crippen LogP contribution in [0, 0.1) is 11.7 Å². The minimum absolute atomic E-state index is 0.00109. The Bertz CT molecular complexity index is 513. The van der Waals surface area contributed by atoms with E-state index in [2.05, 4.69) is 5.32 Å². The molecule has 1 aromatic carbocycles. The molecule has 0 aliphatic heterocycles. The quantitative estimate of drug-likeness (QED) is 0.449. The van der Waals surface area contributed by atoms with Crippen molar-refractivity contribution in [3.05, 3.63) is 29.6 Å². The molecule has 5 nitrogen and oxygen atoms in total. The molecule has 4 N–H and O–H groups in total. The number of carbonyl (C=O) groups excluding carboxylic acids is 2. The van der Waals surface area contributed by atoms with E-state index in [0.29, 0.717) is 5.69 Å². The van der Waals surface area contributed by atoms with Crippen molar-refractivity contribution >= 4 is 17.5 Å². The number of benzene rings is 1. The molecule has 0 atom stereocenters. The third kappa shape index (κ3) is 3.33. The van der Waals surface area contributed by atoms with Crippen molar-refractivity contribution < 1.29 is 14.0 Å². The van der Waals surface area contributed by atoms with Crippen molar-refractivity contribution in [2.24, 2.45) is 11.8 Å². The van der Waals surface area contributed by atoms with Crippen LogP contribution in [0.25, 0.3) is 0 Å². The SMILES string of the molecule is NNC(=O)c1ccc(NC(=O)C2CCCCC2)cc1F. The molecule has 108 valence electrons. The van der Waals surface area contributed by atoms with Crippen LogP contribution >= 0.6 is 0 Å². The van der Waals surface area contributed by atoms with Gasteiger partial charge in [-0.1, -0.05) is 19.3 Å². The third-order valence-electron chi connectivity index (χ3n) is 3.59. The molecule has 1 saturated carbocycles. The molecule has 1 aliphatic rings. The highest BCUT2D eigenvalue weighted by Crippen LogP contribution is 2.25. The predicted octanol–water partition coefficient (Wildman–Crippen LogP) is 1.95. The molecule has 0 spiro atoms. The fraction of sp³-hybridized carbons (Fsp3) is 0.429. The fourth-order valence-electron chi connectivity index (χ4n) is 2.46. The molecule has 0 bridgehead atoms. The Hall–Kier alpha value is -1.95. The van der Waals surface area contributed by atoms with Gasteiger partial charge in [0, 0.05) is 11.6 Å². The lowest BCUT2D eigenvalue weighted by Gasteiger charge is -2.20. The van der Waals surface area contributed by atoms with Crippen molar-refractivity contribution in [3.63, 3.8) is 0 Å². The maximum absolute atomic E-state index is 13.7. The van der Waals surface area contributed by atoms with Crippen LogP contribution in [0.3, 0.4) is 0 Å². The van der Waals surface area contributed by atoms with Crippen molar-refractivity contribution in [1.29, 1.82) is 0 Å². The lowest BCUT2D eigenvalue weighted by molar-refractivity contribution is -0.120. The van der Waals surface area contributed by atoms with Crippen LogP contribution < -0.4 is 16.6 Å². The first-order chi connectivity index (χ1) is 9.61. The first-order valence-corrected chi connectivity index (χ1v) is 6.73. The van der Waals surface area contributed by atoms with Gasteiger partial charge in [-0.15, -0.1) is 0 Å². The first kappa shape index (κ1) is 14.5. The van der Waals surface area contributed by atoms with Gasteiger partial charge in [-0.05, 0) is 31.0 Å². The highest BCUT2D eigenvalue weighted by Gasteiger charge is 2.21.